The van der Waals surface area contributed by atoms with E-state index < -0.39 is 33.9 Å². The van der Waals surface area contributed by atoms with Crippen molar-refractivity contribution in [3.8, 4) is 18.2 Å². The van der Waals surface area contributed by atoms with Crippen molar-refractivity contribution in [2.24, 2.45) is 0 Å². The lowest BCUT2D eigenvalue weighted by atomic mass is 10.0. The minimum Gasteiger partial charge on any atom is -0.480 e. The van der Waals surface area contributed by atoms with Crippen molar-refractivity contribution in [2.45, 2.75) is 50.5 Å². The highest BCUT2D eigenvalue weighted by Crippen LogP contribution is 2.31. The van der Waals surface area contributed by atoms with Gasteiger partial charge in [0.1, 0.15) is 23.3 Å². The number of terminal acetylenes is 1. The second-order valence-corrected chi connectivity index (χ2v) is 12.0. The van der Waals surface area contributed by atoms with Crippen LogP contribution in [0, 0.1) is 18.3 Å². The fourth-order valence-electron chi connectivity index (χ4n) is 4.78. The molecule has 2 aromatic carbocycles. The van der Waals surface area contributed by atoms with Crippen molar-refractivity contribution in [3.05, 3.63) is 66.1 Å². The lowest BCUT2D eigenvalue weighted by Crippen LogP contribution is -2.33. The van der Waals surface area contributed by atoms with Gasteiger partial charge in [0.05, 0.1) is 11.1 Å². The molecule has 0 saturated carbocycles. The summed E-state index contributed by atoms with van der Waals surface area (Å²) in [5.74, 6) is -1.31. The van der Waals surface area contributed by atoms with Crippen LogP contribution >= 0.6 is 0 Å². The fourth-order valence-corrected chi connectivity index (χ4v) is 6.01. The summed E-state index contributed by atoms with van der Waals surface area (Å²) in [6.07, 6.45) is 8.78. The van der Waals surface area contributed by atoms with Gasteiger partial charge in [0.2, 0.25) is 5.95 Å². The molecule has 1 aliphatic heterocycles. The zero-order valence-corrected chi connectivity index (χ0v) is 25.8. The van der Waals surface area contributed by atoms with E-state index in [1.165, 1.54) is 6.20 Å². The van der Waals surface area contributed by atoms with Gasteiger partial charge in [0.15, 0.2) is 5.82 Å². The number of carboxylic acids is 1. The Morgan fingerprint density at radius 1 is 1.11 bits per heavy atom. The minimum absolute atomic E-state index is 0.0903. The number of rotatable bonds is 13. The lowest BCUT2D eigenvalue weighted by Gasteiger charge is -2.25. The third kappa shape index (κ3) is 7.98. The van der Waals surface area contributed by atoms with Gasteiger partial charge in [0.25, 0.3) is 10.0 Å². The van der Waals surface area contributed by atoms with Gasteiger partial charge in [0, 0.05) is 32.2 Å². The second kappa shape index (κ2) is 14.7. The molecule has 0 bridgehead atoms. The first-order valence-corrected chi connectivity index (χ1v) is 16.0. The smallest absolute Gasteiger partial charge is 0.415 e. The predicted molar refractivity (Wildman–Crippen MR) is 167 cm³/mol. The number of ether oxygens (including phenoxy) is 1. The SMILES string of the molecule is C#CN(c1cnc(N(CC)CC)nc1N[C@@H](CCc1ccc(OC(=O)N2CCCC2)cc1)C(=O)O)S(=O)(=O)c1ccc(F)cc1. The number of carbonyl (C=O) groups excluding carboxylic acids is 1. The molecule has 0 unspecified atom stereocenters. The number of amides is 1. The molecule has 0 spiro atoms. The van der Waals surface area contributed by atoms with Gasteiger partial charge in [-0.15, -0.1) is 0 Å². The van der Waals surface area contributed by atoms with E-state index in [-0.39, 0.29) is 28.8 Å². The van der Waals surface area contributed by atoms with Crippen molar-refractivity contribution < 1.29 is 32.2 Å². The summed E-state index contributed by atoms with van der Waals surface area (Å²) in [5.41, 5.74) is 0.619. The highest BCUT2D eigenvalue weighted by molar-refractivity contribution is 7.93. The zero-order chi connectivity index (χ0) is 32.6. The van der Waals surface area contributed by atoms with Crippen LogP contribution in [0.5, 0.6) is 5.75 Å². The number of benzene rings is 2. The summed E-state index contributed by atoms with van der Waals surface area (Å²) in [7, 11) is -4.41. The van der Waals surface area contributed by atoms with Crippen molar-refractivity contribution in [3.63, 3.8) is 0 Å². The molecule has 1 amide bonds. The number of carbonyl (C=O) groups is 2. The number of likely N-dealkylation sites (tertiary alicyclic amines) is 1. The number of hydrogen-bond acceptors (Lipinski definition) is 9. The lowest BCUT2D eigenvalue weighted by molar-refractivity contribution is -0.138. The molecule has 1 atom stereocenters. The first-order valence-electron chi connectivity index (χ1n) is 14.5. The number of aliphatic carboxylic acids is 1. The monoisotopic (exact) mass is 638 g/mol. The predicted octanol–water partition coefficient (Wildman–Crippen LogP) is 4.34. The van der Waals surface area contributed by atoms with Crippen molar-refractivity contribution in [2.75, 3.05) is 40.7 Å². The van der Waals surface area contributed by atoms with Gasteiger partial charge in [-0.1, -0.05) is 18.6 Å². The molecule has 238 valence electrons. The number of sulfonamides is 1. The molecule has 3 aromatic rings. The fraction of sp³-hybridized carbons (Fsp3) is 0.355. The molecule has 2 N–H and O–H groups in total. The van der Waals surface area contributed by atoms with E-state index in [9.17, 15) is 27.5 Å². The Hall–Kier alpha value is -4.90. The van der Waals surface area contributed by atoms with Crippen molar-refractivity contribution >= 4 is 39.5 Å². The second-order valence-electron chi connectivity index (χ2n) is 10.2. The molecule has 0 radical (unpaired) electrons. The maximum absolute atomic E-state index is 13.5. The number of nitrogens with one attached hydrogen (secondary N) is 1. The van der Waals surface area contributed by atoms with Crippen LogP contribution in [-0.2, 0) is 21.2 Å². The quantitative estimate of drug-likeness (QED) is 0.205. The van der Waals surface area contributed by atoms with Crippen LogP contribution in [0.2, 0.25) is 0 Å². The Morgan fingerprint density at radius 2 is 1.76 bits per heavy atom. The van der Waals surface area contributed by atoms with Crippen LogP contribution in [0.1, 0.15) is 38.7 Å². The zero-order valence-electron chi connectivity index (χ0n) is 25.0. The molecule has 1 saturated heterocycles. The molecule has 1 fully saturated rings. The van der Waals surface area contributed by atoms with Gasteiger partial charge in [-0.3, -0.25) is 0 Å². The Bertz CT molecular complexity index is 1640. The van der Waals surface area contributed by atoms with Gasteiger partial charge in [-0.05, 0) is 81.5 Å². The normalized spacial score (nSPS) is 13.5. The van der Waals surface area contributed by atoms with Crippen LogP contribution < -0.4 is 19.3 Å². The van der Waals surface area contributed by atoms with E-state index >= 15 is 0 Å². The molecule has 45 heavy (non-hydrogen) atoms. The third-order valence-corrected chi connectivity index (χ3v) is 8.97. The number of aromatic nitrogens is 2. The van der Waals surface area contributed by atoms with E-state index in [1.54, 1.807) is 34.1 Å². The highest BCUT2D eigenvalue weighted by atomic mass is 32.2. The molecule has 4 rings (SSSR count). The molecule has 0 aliphatic carbocycles. The topological polar surface area (TPSA) is 145 Å². The average Bonchev–Trinajstić information content (AvgIpc) is 3.57. The van der Waals surface area contributed by atoms with Crippen LogP contribution in [0.4, 0.5) is 26.6 Å². The van der Waals surface area contributed by atoms with Gasteiger partial charge in [-0.2, -0.15) is 9.29 Å². The van der Waals surface area contributed by atoms with Gasteiger partial charge in [-0.25, -0.2) is 27.4 Å². The highest BCUT2D eigenvalue weighted by Gasteiger charge is 2.30. The number of hydrogen-bond donors (Lipinski definition) is 2. The summed E-state index contributed by atoms with van der Waals surface area (Å²) in [4.78, 5) is 36.6. The first kappa shape index (κ1) is 33.0. The standard InChI is InChI=1S/C31H35FN6O6S/c1-4-36(5-2)30-33-21-27(38(6-3)45(42,43)25-16-12-23(32)13-17-25)28(35-30)34-26(29(39)40)18-11-22-9-14-24(15-10-22)44-31(41)37-19-7-8-20-37/h3,9-10,12-17,21,26H,4-5,7-8,11,18-20H2,1-2H3,(H,39,40)(H,33,34,35)/t26-/m0/s1. The van der Waals surface area contributed by atoms with Crippen molar-refractivity contribution in [1.82, 2.24) is 14.9 Å². The summed E-state index contributed by atoms with van der Waals surface area (Å²) < 4.78 is 46.5. The molecule has 14 heteroatoms. The summed E-state index contributed by atoms with van der Waals surface area (Å²) in [6.45, 7) is 6.18. The Kier molecular flexibility index (Phi) is 10.8. The van der Waals surface area contributed by atoms with Gasteiger partial charge < -0.3 is 25.0 Å². The third-order valence-electron chi connectivity index (χ3n) is 7.31. The number of anilines is 3. The molecular formula is C31H35FN6O6S. The van der Waals surface area contributed by atoms with Crippen LogP contribution in [0.3, 0.4) is 0 Å². The van der Waals surface area contributed by atoms with E-state index in [4.69, 9.17) is 11.2 Å². The van der Waals surface area contributed by atoms with E-state index in [0.29, 0.717) is 42.7 Å². The van der Waals surface area contributed by atoms with E-state index in [0.717, 1.165) is 42.7 Å². The maximum atomic E-state index is 13.5. The molecule has 12 nitrogen and oxygen atoms in total. The molecule has 1 aliphatic rings. The number of aryl methyl sites for hydroxylation is 1. The van der Waals surface area contributed by atoms with Crippen LogP contribution in [-0.4, -0.2) is 72.7 Å². The summed E-state index contributed by atoms with van der Waals surface area (Å²) in [6, 6.07) is 11.8. The number of halogens is 1. The first-order chi connectivity index (χ1) is 21.6. The van der Waals surface area contributed by atoms with Crippen molar-refractivity contribution in [1.29, 1.82) is 0 Å². The largest absolute Gasteiger partial charge is 0.480 e. The van der Waals surface area contributed by atoms with Gasteiger partial charge >= 0.3 is 12.1 Å². The van der Waals surface area contributed by atoms with E-state index in [1.807, 2.05) is 13.8 Å². The molecular weight excluding hydrogens is 603 g/mol. The number of nitrogens with zero attached hydrogens (tertiary/aromatic N) is 5. The van der Waals surface area contributed by atoms with Crippen LogP contribution in [0.25, 0.3) is 0 Å². The minimum atomic E-state index is -4.41. The molecule has 2 heterocycles. The van der Waals surface area contributed by atoms with E-state index in [2.05, 4.69) is 21.3 Å². The summed E-state index contributed by atoms with van der Waals surface area (Å²) >= 11 is 0. The Morgan fingerprint density at radius 3 is 2.33 bits per heavy atom. The Labute approximate surface area is 261 Å². The molecule has 1 aromatic heterocycles. The average molecular weight is 639 g/mol. The Balaban J connectivity index is 1.57. The summed E-state index contributed by atoms with van der Waals surface area (Å²) in [5, 5.41) is 13.0. The maximum Gasteiger partial charge on any atom is 0.415 e. The number of carboxylic acid groups (broad SMARTS) is 1. The van der Waals surface area contributed by atoms with Crippen LogP contribution in [0.15, 0.2) is 59.6 Å².